The first kappa shape index (κ1) is 18.1. The van der Waals surface area contributed by atoms with E-state index in [4.69, 9.17) is 5.73 Å². The second-order valence-corrected chi connectivity index (χ2v) is 4.46. The van der Waals surface area contributed by atoms with E-state index in [1.54, 1.807) is 0 Å². The van der Waals surface area contributed by atoms with E-state index in [0.717, 1.165) is 43.6 Å². The maximum atomic E-state index is 12.3. The Kier molecular flexibility index (Phi) is 11.6. The maximum absolute atomic E-state index is 12.3. The summed E-state index contributed by atoms with van der Waals surface area (Å²) in [6, 6.07) is 0. The molecule has 0 aromatic rings. The van der Waals surface area contributed by atoms with Crippen molar-refractivity contribution in [3.8, 4) is 0 Å². The van der Waals surface area contributed by atoms with Crippen molar-refractivity contribution in [2.24, 2.45) is 5.73 Å². The van der Waals surface area contributed by atoms with E-state index in [0.29, 0.717) is 6.54 Å². The average Bonchev–Trinajstić information content (AvgIpc) is 2.43. The molecule has 0 heterocycles. The van der Waals surface area contributed by atoms with Crippen LogP contribution < -0.4 is 16.4 Å². The van der Waals surface area contributed by atoms with Gasteiger partial charge in [0, 0.05) is 25.3 Å². The molecule has 19 heavy (non-hydrogen) atoms. The van der Waals surface area contributed by atoms with Crippen LogP contribution >= 0.6 is 0 Å². The van der Waals surface area contributed by atoms with Crippen molar-refractivity contribution >= 4 is 0 Å². The normalized spacial score (nSPS) is 13.4. The van der Waals surface area contributed by atoms with Crippen LogP contribution in [0, 0.1) is 0 Å². The monoisotopic (exact) mass is 273 g/mol. The highest BCUT2D eigenvalue weighted by molar-refractivity contribution is 5.26. The first-order valence-corrected chi connectivity index (χ1v) is 6.92. The summed E-state index contributed by atoms with van der Waals surface area (Å²) in [5.41, 5.74) is 7.04. The van der Waals surface area contributed by atoms with Gasteiger partial charge in [-0.1, -0.05) is 13.5 Å². The molecule has 0 amide bonds. The smallest absolute Gasteiger partial charge is 0.110 e. The molecular formula is C14H28FN3O. The Labute approximate surface area is 116 Å². The Morgan fingerprint density at radius 1 is 1.42 bits per heavy atom. The Morgan fingerprint density at radius 2 is 2.11 bits per heavy atom. The largest absolute Gasteiger partial charge is 0.390 e. The van der Waals surface area contributed by atoms with Crippen LogP contribution in [0.15, 0.2) is 23.9 Å². The highest BCUT2D eigenvalue weighted by atomic mass is 19.1. The number of alkyl halides is 1. The quantitative estimate of drug-likeness (QED) is 0.317. The van der Waals surface area contributed by atoms with E-state index in [2.05, 4.69) is 17.2 Å². The molecule has 0 radical (unpaired) electrons. The lowest BCUT2D eigenvalue weighted by Gasteiger charge is -2.13. The first-order valence-electron chi connectivity index (χ1n) is 6.92. The standard InChI is InChI=1S/C14H28FN3O/c1-3-12(2)14(6-7-15)18-9-5-4-8-17-11-13(19)10-16/h6,13,17-19H,2-5,7-11,16H2,1H3/b14-6+. The molecule has 0 saturated heterocycles. The van der Waals surface area contributed by atoms with Gasteiger partial charge in [0.1, 0.15) is 6.67 Å². The van der Waals surface area contributed by atoms with Crippen molar-refractivity contribution in [3.05, 3.63) is 23.9 Å². The summed E-state index contributed by atoms with van der Waals surface area (Å²) in [6.07, 6.45) is 3.85. The van der Waals surface area contributed by atoms with Crippen LogP contribution in [0.3, 0.4) is 0 Å². The second-order valence-electron chi connectivity index (χ2n) is 4.46. The predicted octanol–water partition coefficient (Wildman–Crippen LogP) is 1.09. The van der Waals surface area contributed by atoms with Crippen molar-refractivity contribution in [1.29, 1.82) is 0 Å². The number of nitrogens with one attached hydrogen (secondary N) is 2. The summed E-state index contributed by atoms with van der Waals surface area (Å²) in [6.45, 7) is 7.88. The van der Waals surface area contributed by atoms with Crippen LogP contribution in [-0.4, -0.2) is 44.1 Å². The van der Waals surface area contributed by atoms with Gasteiger partial charge >= 0.3 is 0 Å². The molecule has 0 aliphatic rings. The van der Waals surface area contributed by atoms with Crippen LogP contribution in [0.5, 0.6) is 0 Å². The number of unbranched alkanes of at least 4 members (excludes halogenated alkanes) is 1. The third-order valence-electron chi connectivity index (χ3n) is 2.84. The molecule has 112 valence electrons. The molecule has 5 heteroatoms. The van der Waals surface area contributed by atoms with Crippen LogP contribution in [0.2, 0.25) is 0 Å². The molecular weight excluding hydrogens is 245 g/mol. The van der Waals surface area contributed by atoms with E-state index in [1.165, 1.54) is 6.08 Å². The summed E-state index contributed by atoms with van der Waals surface area (Å²) >= 11 is 0. The SMILES string of the molecule is C=C(CC)/C(=C\CF)NCCCCNCC(O)CN. The first-order chi connectivity index (χ1) is 9.15. The summed E-state index contributed by atoms with van der Waals surface area (Å²) in [5, 5.41) is 15.6. The van der Waals surface area contributed by atoms with Crippen molar-refractivity contribution < 1.29 is 9.50 Å². The summed E-state index contributed by atoms with van der Waals surface area (Å²) in [5.74, 6) is 0. The number of nitrogens with two attached hydrogens (primary N) is 1. The molecule has 4 nitrogen and oxygen atoms in total. The fourth-order valence-electron chi connectivity index (χ4n) is 1.56. The van der Waals surface area contributed by atoms with Crippen molar-refractivity contribution in [3.63, 3.8) is 0 Å². The highest BCUT2D eigenvalue weighted by Crippen LogP contribution is 2.08. The summed E-state index contributed by atoms with van der Waals surface area (Å²) in [7, 11) is 0. The zero-order valence-corrected chi connectivity index (χ0v) is 11.9. The second kappa shape index (κ2) is 12.1. The Bertz CT molecular complexity index is 269. The van der Waals surface area contributed by atoms with Crippen LogP contribution in [0.25, 0.3) is 0 Å². The predicted molar refractivity (Wildman–Crippen MR) is 78.7 cm³/mol. The molecule has 0 aliphatic carbocycles. The zero-order valence-electron chi connectivity index (χ0n) is 11.9. The van der Waals surface area contributed by atoms with Gasteiger partial charge in [0.2, 0.25) is 0 Å². The van der Waals surface area contributed by atoms with E-state index < -0.39 is 12.8 Å². The molecule has 0 fully saturated rings. The number of aliphatic hydroxyl groups is 1. The zero-order chi connectivity index (χ0) is 14.5. The molecule has 5 N–H and O–H groups in total. The fraction of sp³-hybridized carbons (Fsp3) is 0.714. The van der Waals surface area contributed by atoms with Gasteiger partial charge in [-0.25, -0.2) is 4.39 Å². The van der Waals surface area contributed by atoms with Gasteiger partial charge in [-0.05, 0) is 37.5 Å². The lowest BCUT2D eigenvalue weighted by Crippen LogP contribution is -2.33. The number of rotatable bonds is 12. The number of hydrogen-bond acceptors (Lipinski definition) is 4. The highest BCUT2D eigenvalue weighted by Gasteiger charge is 2.01. The molecule has 0 spiro atoms. The molecule has 1 atom stereocenters. The average molecular weight is 273 g/mol. The molecule has 0 aromatic carbocycles. The van der Waals surface area contributed by atoms with Gasteiger partial charge in [-0.15, -0.1) is 0 Å². The maximum Gasteiger partial charge on any atom is 0.110 e. The van der Waals surface area contributed by atoms with E-state index in [1.807, 2.05) is 6.92 Å². The molecule has 0 saturated carbocycles. The summed E-state index contributed by atoms with van der Waals surface area (Å²) in [4.78, 5) is 0. The van der Waals surface area contributed by atoms with Crippen LogP contribution in [0.1, 0.15) is 26.2 Å². The van der Waals surface area contributed by atoms with Gasteiger partial charge in [0.25, 0.3) is 0 Å². The van der Waals surface area contributed by atoms with Gasteiger partial charge in [0.15, 0.2) is 0 Å². The summed E-state index contributed by atoms with van der Waals surface area (Å²) < 4.78 is 12.3. The lowest BCUT2D eigenvalue weighted by atomic mass is 10.1. The number of aliphatic hydroxyl groups excluding tert-OH is 1. The van der Waals surface area contributed by atoms with E-state index in [9.17, 15) is 9.50 Å². The molecule has 0 bridgehead atoms. The number of allylic oxidation sites excluding steroid dienone is 2. The molecule has 0 rings (SSSR count). The van der Waals surface area contributed by atoms with Gasteiger partial charge < -0.3 is 21.5 Å². The van der Waals surface area contributed by atoms with Crippen molar-refractivity contribution in [1.82, 2.24) is 10.6 Å². The minimum atomic E-state index is -0.472. The fourth-order valence-corrected chi connectivity index (χ4v) is 1.56. The topological polar surface area (TPSA) is 70.3 Å². The minimum absolute atomic E-state index is 0.283. The minimum Gasteiger partial charge on any atom is -0.390 e. The van der Waals surface area contributed by atoms with Crippen LogP contribution in [0.4, 0.5) is 4.39 Å². The Hall–Kier alpha value is -0.910. The van der Waals surface area contributed by atoms with Crippen molar-refractivity contribution in [2.45, 2.75) is 32.3 Å². The molecule has 0 aromatic heterocycles. The third-order valence-corrected chi connectivity index (χ3v) is 2.84. The van der Waals surface area contributed by atoms with Crippen molar-refractivity contribution in [2.75, 3.05) is 32.9 Å². The Balaban J connectivity index is 3.61. The lowest BCUT2D eigenvalue weighted by molar-refractivity contribution is 0.179. The van der Waals surface area contributed by atoms with E-state index in [-0.39, 0.29) is 6.54 Å². The Morgan fingerprint density at radius 3 is 2.68 bits per heavy atom. The van der Waals surface area contributed by atoms with Crippen LogP contribution in [-0.2, 0) is 0 Å². The third kappa shape index (κ3) is 9.64. The molecule has 0 aliphatic heterocycles. The van der Waals surface area contributed by atoms with Gasteiger partial charge in [-0.2, -0.15) is 0 Å². The number of halogens is 1. The molecule has 1 unspecified atom stereocenters. The number of hydrogen-bond donors (Lipinski definition) is 4. The van der Waals surface area contributed by atoms with Gasteiger partial charge in [-0.3, -0.25) is 0 Å². The van der Waals surface area contributed by atoms with Gasteiger partial charge in [0.05, 0.1) is 6.10 Å². The van der Waals surface area contributed by atoms with E-state index >= 15 is 0 Å².